The van der Waals surface area contributed by atoms with Crippen molar-refractivity contribution in [1.29, 1.82) is 0 Å². The van der Waals surface area contributed by atoms with Gasteiger partial charge in [0.25, 0.3) is 0 Å². The lowest BCUT2D eigenvalue weighted by molar-refractivity contribution is -0.129. The van der Waals surface area contributed by atoms with Crippen molar-refractivity contribution in [1.82, 2.24) is 40.7 Å². The van der Waals surface area contributed by atoms with Gasteiger partial charge in [0.1, 0.15) is 5.69 Å². The van der Waals surface area contributed by atoms with Crippen LogP contribution in [0.25, 0.3) is 16.8 Å². The van der Waals surface area contributed by atoms with Crippen molar-refractivity contribution >= 4 is 23.2 Å². The third-order valence-corrected chi connectivity index (χ3v) is 10.4. The first-order valence-electron chi connectivity index (χ1n) is 18.6. The Balaban J connectivity index is 1.07. The summed E-state index contributed by atoms with van der Waals surface area (Å²) in [6.45, 7) is 16.7. The molecule has 286 valence electrons. The first-order chi connectivity index (χ1) is 25.3. The van der Waals surface area contributed by atoms with Gasteiger partial charge < -0.3 is 25.9 Å². The summed E-state index contributed by atoms with van der Waals surface area (Å²) in [6.07, 6.45) is 9.44. The molecule has 5 rings (SSSR count). The molecule has 1 unspecified atom stereocenters. The van der Waals surface area contributed by atoms with Crippen molar-refractivity contribution in [3.63, 3.8) is 0 Å². The molecule has 3 aromatic heterocycles. The molecule has 14 heteroatoms. The summed E-state index contributed by atoms with van der Waals surface area (Å²) in [5, 5.41) is 12.0. The van der Waals surface area contributed by atoms with E-state index in [1.807, 2.05) is 39.8 Å². The monoisotopic (exact) mass is 732 g/mol. The SMILES string of the molecule is C=C(/C(F)=C(\NN)NC(=O)C(C)(C)CCN1CCC(c2ccc(-c3[nH]nc(NC(=O)CC(C)CN4CCCCC4)c3F)cn2)CC1)c1ccc(C)nc1. The minimum absolute atomic E-state index is 0.0577. The van der Waals surface area contributed by atoms with E-state index < -0.39 is 17.1 Å². The second-order valence-corrected chi connectivity index (χ2v) is 15.2. The number of H-pyrrole nitrogens is 1. The van der Waals surface area contributed by atoms with Gasteiger partial charge in [0.15, 0.2) is 23.3 Å². The highest BCUT2D eigenvalue weighted by Gasteiger charge is 2.31. The van der Waals surface area contributed by atoms with E-state index >= 15 is 8.78 Å². The van der Waals surface area contributed by atoms with Gasteiger partial charge in [-0.3, -0.25) is 24.7 Å². The summed E-state index contributed by atoms with van der Waals surface area (Å²) >= 11 is 0. The van der Waals surface area contributed by atoms with E-state index in [9.17, 15) is 9.59 Å². The zero-order chi connectivity index (χ0) is 38.1. The van der Waals surface area contributed by atoms with Crippen LogP contribution in [0.3, 0.4) is 0 Å². The molecule has 0 bridgehead atoms. The minimum atomic E-state index is -0.806. The van der Waals surface area contributed by atoms with E-state index in [1.54, 1.807) is 18.3 Å². The highest BCUT2D eigenvalue weighted by molar-refractivity contribution is 5.90. The number of pyridine rings is 2. The van der Waals surface area contributed by atoms with Crippen LogP contribution in [0, 0.1) is 24.1 Å². The van der Waals surface area contributed by atoms with Gasteiger partial charge in [0.2, 0.25) is 11.8 Å². The summed E-state index contributed by atoms with van der Waals surface area (Å²) in [7, 11) is 0. The molecule has 1 atom stereocenters. The number of nitrogens with two attached hydrogens (primary N) is 1. The maximum absolute atomic E-state index is 15.3. The Morgan fingerprint density at radius 2 is 1.79 bits per heavy atom. The highest BCUT2D eigenvalue weighted by Crippen LogP contribution is 2.31. The second kappa shape index (κ2) is 18.0. The zero-order valence-corrected chi connectivity index (χ0v) is 31.4. The topological polar surface area (TPSA) is 157 Å². The number of hydrogen-bond donors (Lipinski definition) is 5. The summed E-state index contributed by atoms with van der Waals surface area (Å²) < 4.78 is 30.6. The Morgan fingerprint density at radius 3 is 2.43 bits per heavy atom. The van der Waals surface area contributed by atoms with Gasteiger partial charge in [-0.25, -0.2) is 14.6 Å². The quantitative estimate of drug-likeness (QED) is 0.0741. The number of nitrogens with zero attached hydrogens (tertiary/aromatic N) is 5. The number of carbonyl (C=O) groups is 2. The lowest BCUT2D eigenvalue weighted by atomic mass is 9.87. The van der Waals surface area contributed by atoms with Crippen LogP contribution in [-0.4, -0.2) is 81.0 Å². The van der Waals surface area contributed by atoms with Gasteiger partial charge in [-0.15, -0.1) is 0 Å². The van der Waals surface area contributed by atoms with Crippen LogP contribution < -0.4 is 21.9 Å². The fraction of sp³-hybridized carbons (Fsp3) is 0.513. The number of piperidine rings is 2. The van der Waals surface area contributed by atoms with E-state index in [-0.39, 0.29) is 46.6 Å². The van der Waals surface area contributed by atoms with Crippen molar-refractivity contribution in [3.8, 4) is 11.3 Å². The Bertz CT molecular complexity index is 1740. The Kier molecular flexibility index (Phi) is 13.5. The highest BCUT2D eigenvalue weighted by atomic mass is 19.1. The van der Waals surface area contributed by atoms with Crippen LogP contribution >= 0.6 is 0 Å². The number of amides is 2. The van der Waals surface area contributed by atoms with Gasteiger partial charge in [0, 0.05) is 64.8 Å². The lowest BCUT2D eigenvalue weighted by Crippen LogP contribution is -2.44. The number of likely N-dealkylation sites (tertiary alicyclic amines) is 2. The predicted molar refractivity (Wildman–Crippen MR) is 203 cm³/mol. The molecule has 53 heavy (non-hydrogen) atoms. The van der Waals surface area contributed by atoms with Gasteiger partial charge >= 0.3 is 0 Å². The number of hydrogen-bond acceptors (Lipinski definition) is 9. The Labute approximate surface area is 311 Å². The molecular formula is C39H54F2N10O2. The molecule has 0 spiro atoms. The molecule has 2 aliphatic rings. The molecule has 0 saturated carbocycles. The summed E-state index contributed by atoms with van der Waals surface area (Å²) in [5.74, 6) is 3.65. The van der Waals surface area contributed by atoms with Gasteiger partial charge in [-0.1, -0.05) is 39.8 Å². The maximum atomic E-state index is 15.3. The first kappa shape index (κ1) is 39.7. The summed E-state index contributed by atoms with van der Waals surface area (Å²) in [6, 6.07) is 7.21. The van der Waals surface area contributed by atoms with Gasteiger partial charge in [-0.2, -0.15) is 5.10 Å². The molecule has 12 nitrogen and oxygen atoms in total. The zero-order valence-electron chi connectivity index (χ0n) is 31.4. The van der Waals surface area contributed by atoms with E-state index in [0.29, 0.717) is 30.5 Å². The normalized spacial score (nSPS) is 17.2. The molecule has 2 saturated heterocycles. The number of hydrazine groups is 1. The number of aromatic nitrogens is 4. The van der Waals surface area contributed by atoms with Crippen molar-refractivity contribution < 1.29 is 18.4 Å². The van der Waals surface area contributed by atoms with Crippen LogP contribution in [-0.2, 0) is 9.59 Å². The largest absolute Gasteiger partial charge is 0.309 e. The van der Waals surface area contributed by atoms with E-state index in [4.69, 9.17) is 5.84 Å². The fourth-order valence-electron chi connectivity index (χ4n) is 6.91. The molecule has 3 aromatic rings. The third-order valence-electron chi connectivity index (χ3n) is 10.4. The predicted octanol–water partition coefficient (Wildman–Crippen LogP) is 5.79. The number of halogens is 2. The van der Waals surface area contributed by atoms with Crippen LogP contribution in [0.2, 0.25) is 0 Å². The molecule has 5 heterocycles. The third kappa shape index (κ3) is 10.5. The summed E-state index contributed by atoms with van der Waals surface area (Å²) in [4.78, 5) is 39.4. The molecule has 6 N–H and O–H groups in total. The van der Waals surface area contributed by atoms with Crippen LogP contribution in [0.5, 0.6) is 0 Å². The molecule has 0 aliphatic carbocycles. The Hall–Kier alpha value is -4.53. The van der Waals surface area contributed by atoms with Crippen LogP contribution in [0.4, 0.5) is 14.6 Å². The van der Waals surface area contributed by atoms with Crippen molar-refractivity contribution in [2.75, 3.05) is 44.6 Å². The van der Waals surface area contributed by atoms with Crippen LogP contribution in [0.15, 0.2) is 54.9 Å². The number of rotatable bonds is 15. The second-order valence-electron chi connectivity index (χ2n) is 15.2. The number of anilines is 1. The average Bonchev–Trinajstić information content (AvgIpc) is 3.51. The average molecular weight is 733 g/mol. The number of nitrogens with one attached hydrogen (secondary N) is 4. The smallest absolute Gasteiger partial charge is 0.231 e. The van der Waals surface area contributed by atoms with Crippen LogP contribution in [0.1, 0.15) is 88.6 Å². The Morgan fingerprint density at radius 1 is 1.06 bits per heavy atom. The van der Waals surface area contributed by atoms with Crippen molar-refractivity contribution in [2.24, 2.45) is 17.2 Å². The molecule has 0 radical (unpaired) electrons. The lowest BCUT2D eigenvalue weighted by Gasteiger charge is -2.34. The molecule has 2 fully saturated rings. The number of allylic oxidation sites excluding steroid dienone is 2. The molecule has 2 amide bonds. The maximum Gasteiger partial charge on any atom is 0.231 e. The van der Waals surface area contributed by atoms with E-state index in [1.165, 1.54) is 25.5 Å². The van der Waals surface area contributed by atoms with E-state index in [2.05, 4.69) is 52.6 Å². The van der Waals surface area contributed by atoms with Crippen molar-refractivity contribution in [3.05, 3.63) is 77.7 Å². The van der Waals surface area contributed by atoms with Gasteiger partial charge in [-0.05, 0) is 95.9 Å². The number of carbonyl (C=O) groups excluding carboxylic acids is 2. The molecule has 0 aromatic carbocycles. The standard InChI is InChI=1S/C39H54F2N10O2/c1-25(24-51-16-7-6-8-17-51)21-32(52)45-37-34(41)35(48-49-37)30-11-12-31(44-23-30)28-13-18-50(19-14-28)20-15-39(4,5)38(53)46-36(47-42)33(40)27(3)29-10-9-26(2)43-22-29/h9-12,22-23,25,28,47H,3,6-8,13-21,24,42H2,1-2,4-5H3,(H,46,53)(H2,45,48,49,52)/b36-33+. The minimum Gasteiger partial charge on any atom is -0.309 e. The van der Waals surface area contributed by atoms with Gasteiger partial charge in [0.05, 0.1) is 0 Å². The summed E-state index contributed by atoms with van der Waals surface area (Å²) in [5.41, 5.74) is 4.46. The molecular weight excluding hydrogens is 678 g/mol. The number of aromatic amines is 1. The van der Waals surface area contributed by atoms with Crippen molar-refractivity contribution in [2.45, 2.75) is 78.6 Å². The van der Waals surface area contributed by atoms with E-state index in [0.717, 1.165) is 57.0 Å². The first-order valence-corrected chi connectivity index (χ1v) is 18.6. The fourth-order valence-corrected chi connectivity index (χ4v) is 6.91. The number of aryl methyl sites for hydroxylation is 1. The molecule has 2 aliphatic heterocycles.